The number of aromatic nitrogens is 4. The highest BCUT2D eigenvalue weighted by molar-refractivity contribution is 7.99. The minimum absolute atomic E-state index is 0.245. The maximum absolute atomic E-state index is 10.6. The Balaban J connectivity index is 1.29. The van der Waals surface area contributed by atoms with E-state index in [1.807, 2.05) is 41.0 Å². The highest BCUT2D eigenvalue weighted by Gasteiger charge is 2.35. The lowest BCUT2D eigenvalue weighted by molar-refractivity contribution is -0.00371. The normalized spacial score (nSPS) is 20.9. The molecule has 0 saturated carbocycles. The van der Waals surface area contributed by atoms with Crippen molar-refractivity contribution in [3.8, 4) is 0 Å². The van der Waals surface area contributed by atoms with Crippen LogP contribution in [0.5, 0.6) is 0 Å². The van der Waals surface area contributed by atoms with Gasteiger partial charge < -0.3 is 15.2 Å². The third-order valence-corrected chi connectivity index (χ3v) is 6.43. The van der Waals surface area contributed by atoms with E-state index in [1.54, 1.807) is 18.1 Å². The van der Waals surface area contributed by atoms with Crippen LogP contribution in [0, 0.1) is 0 Å². The van der Waals surface area contributed by atoms with Crippen molar-refractivity contribution in [1.82, 2.24) is 19.5 Å². The maximum atomic E-state index is 10.6. The third-order valence-electron chi connectivity index (χ3n) is 5.33. The summed E-state index contributed by atoms with van der Waals surface area (Å²) in [6.45, 7) is 0.650. The van der Waals surface area contributed by atoms with E-state index in [0.717, 1.165) is 10.5 Å². The van der Waals surface area contributed by atoms with Gasteiger partial charge >= 0.3 is 0 Å². The Morgan fingerprint density at radius 2 is 1.81 bits per heavy atom. The molecule has 0 spiro atoms. The number of hydrogen-bond acceptors (Lipinski definition) is 7. The average molecular weight is 434 g/mol. The molecule has 1 fully saturated rings. The number of benzene rings is 2. The van der Waals surface area contributed by atoms with Crippen LogP contribution < -0.4 is 5.32 Å². The summed E-state index contributed by atoms with van der Waals surface area (Å²) in [5.41, 5.74) is 2.55. The standard InChI is InChI=1S/C23H23N5O2S/c29-18-11-20(30-19(18)13-31-17-9-5-2-6-10-17)28-15-27-21-22(25-14-26-23(21)28)24-12-16-7-3-1-4-8-16/h1-10,14-15,18-20,29H,11-13H2,(H,24,25,26)/t18-,19+,20+/m0/s1. The summed E-state index contributed by atoms with van der Waals surface area (Å²) >= 11 is 1.69. The second-order valence-electron chi connectivity index (χ2n) is 7.44. The zero-order valence-electron chi connectivity index (χ0n) is 16.8. The Hall–Kier alpha value is -2.94. The smallest absolute Gasteiger partial charge is 0.167 e. The van der Waals surface area contributed by atoms with Crippen LogP contribution in [0.3, 0.4) is 0 Å². The highest BCUT2D eigenvalue weighted by Crippen LogP contribution is 2.34. The second-order valence-corrected chi connectivity index (χ2v) is 8.54. The molecule has 3 heterocycles. The molecule has 2 aromatic carbocycles. The highest BCUT2D eigenvalue weighted by atomic mass is 32.2. The molecule has 0 unspecified atom stereocenters. The number of anilines is 1. The predicted molar refractivity (Wildman–Crippen MR) is 121 cm³/mol. The molecule has 158 valence electrons. The summed E-state index contributed by atoms with van der Waals surface area (Å²) < 4.78 is 8.08. The van der Waals surface area contributed by atoms with E-state index < -0.39 is 6.10 Å². The first-order valence-electron chi connectivity index (χ1n) is 10.2. The van der Waals surface area contributed by atoms with Gasteiger partial charge in [-0.1, -0.05) is 48.5 Å². The summed E-state index contributed by atoms with van der Waals surface area (Å²) in [6.07, 6.45) is 2.67. The van der Waals surface area contributed by atoms with Gasteiger partial charge in [0.15, 0.2) is 17.0 Å². The minimum Gasteiger partial charge on any atom is -0.390 e. The van der Waals surface area contributed by atoms with Gasteiger partial charge in [-0.15, -0.1) is 11.8 Å². The molecule has 1 aliphatic rings. The summed E-state index contributed by atoms with van der Waals surface area (Å²) in [5, 5.41) is 13.9. The van der Waals surface area contributed by atoms with Gasteiger partial charge in [0, 0.05) is 23.6 Å². The largest absolute Gasteiger partial charge is 0.390 e. The molecule has 0 radical (unpaired) electrons. The van der Waals surface area contributed by atoms with Crippen LogP contribution in [0.15, 0.2) is 78.2 Å². The molecule has 0 amide bonds. The predicted octanol–water partition coefficient (Wildman–Crippen LogP) is 3.88. The van der Waals surface area contributed by atoms with Gasteiger partial charge in [-0.25, -0.2) is 15.0 Å². The average Bonchev–Trinajstić information content (AvgIpc) is 3.41. The van der Waals surface area contributed by atoms with Crippen molar-refractivity contribution < 1.29 is 9.84 Å². The van der Waals surface area contributed by atoms with Crippen molar-refractivity contribution in [3.05, 3.63) is 78.9 Å². The third kappa shape index (κ3) is 4.41. The quantitative estimate of drug-likeness (QED) is 0.428. The molecule has 5 rings (SSSR count). The number of imidazole rings is 1. The number of thioether (sulfide) groups is 1. The zero-order chi connectivity index (χ0) is 21.0. The van der Waals surface area contributed by atoms with Crippen LogP contribution in [-0.4, -0.2) is 42.6 Å². The number of aliphatic hydroxyl groups excluding tert-OH is 1. The molecule has 7 nitrogen and oxygen atoms in total. The number of nitrogens with one attached hydrogen (secondary N) is 1. The summed E-state index contributed by atoms with van der Waals surface area (Å²) in [7, 11) is 0. The van der Waals surface area contributed by atoms with Crippen LogP contribution in [0.25, 0.3) is 11.2 Å². The van der Waals surface area contributed by atoms with Crippen LogP contribution in [0.1, 0.15) is 18.2 Å². The Kier molecular flexibility index (Phi) is 5.84. The Morgan fingerprint density at radius 1 is 1.03 bits per heavy atom. The van der Waals surface area contributed by atoms with E-state index in [9.17, 15) is 5.11 Å². The van der Waals surface area contributed by atoms with Crippen molar-refractivity contribution in [1.29, 1.82) is 0 Å². The number of aliphatic hydroxyl groups is 1. The number of hydrogen-bond donors (Lipinski definition) is 2. The number of rotatable bonds is 7. The van der Waals surface area contributed by atoms with Crippen LogP contribution in [0.2, 0.25) is 0 Å². The van der Waals surface area contributed by atoms with Gasteiger partial charge in [-0.05, 0) is 17.7 Å². The molecular formula is C23H23N5O2S. The molecule has 0 aliphatic carbocycles. The zero-order valence-corrected chi connectivity index (χ0v) is 17.7. The van der Waals surface area contributed by atoms with Crippen LogP contribution in [0.4, 0.5) is 5.82 Å². The Labute approximate surface area is 184 Å². The molecule has 1 aliphatic heterocycles. The lowest BCUT2D eigenvalue weighted by Crippen LogP contribution is -2.23. The van der Waals surface area contributed by atoms with Crippen LogP contribution >= 0.6 is 11.8 Å². The lowest BCUT2D eigenvalue weighted by Gasteiger charge is -2.15. The van der Waals surface area contributed by atoms with Crippen molar-refractivity contribution >= 4 is 28.7 Å². The second kappa shape index (κ2) is 9.05. The Bertz CT molecular complexity index is 1140. The van der Waals surface area contributed by atoms with Crippen molar-refractivity contribution in [2.24, 2.45) is 0 Å². The topological polar surface area (TPSA) is 85.1 Å². The van der Waals surface area contributed by atoms with E-state index in [0.29, 0.717) is 35.7 Å². The fourth-order valence-electron chi connectivity index (χ4n) is 3.70. The molecule has 4 aromatic rings. The first kappa shape index (κ1) is 20.0. The molecule has 0 bridgehead atoms. The van der Waals surface area contributed by atoms with Gasteiger partial charge in [-0.3, -0.25) is 4.57 Å². The molecule has 8 heteroatoms. The first-order valence-corrected chi connectivity index (χ1v) is 11.2. The molecule has 3 atom stereocenters. The maximum Gasteiger partial charge on any atom is 0.167 e. The molecular weight excluding hydrogens is 410 g/mol. The molecule has 2 N–H and O–H groups in total. The van der Waals surface area contributed by atoms with E-state index >= 15 is 0 Å². The number of fused-ring (bicyclic) bond motifs is 1. The van der Waals surface area contributed by atoms with Gasteiger partial charge in [0.25, 0.3) is 0 Å². The minimum atomic E-state index is -0.531. The van der Waals surface area contributed by atoms with Crippen molar-refractivity contribution in [2.75, 3.05) is 11.1 Å². The van der Waals surface area contributed by atoms with Gasteiger partial charge in [0.05, 0.1) is 18.5 Å². The SMILES string of the molecule is O[C@H]1C[C@H](n2cnc3c(NCc4ccccc4)ncnc32)O[C@@H]1CSc1ccccc1. The van der Waals surface area contributed by atoms with Crippen LogP contribution in [-0.2, 0) is 11.3 Å². The number of ether oxygens (including phenoxy) is 1. The molecule has 2 aromatic heterocycles. The summed E-state index contributed by atoms with van der Waals surface area (Å²) in [6, 6.07) is 20.3. The summed E-state index contributed by atoms with van der Waals surface area (Å²) in [5.74, 6) is 1.37. The fraction of sp³-hybridized carbons (Fsp3) is 0.261. The molecule has 31 heavy (non-hydrogen) atoms. The van der Waals surface area contributed by atoms with E-state index in [-0.39, 0.29) is 12.3 Å². The fourth-order valence-corrected chi connectivity index (χ4v) is 4.71. The Morgan fingerprint density at radius 3 is 2.61 bits per heavy atom. The van der Waals surface area contributed by atoms with Gasteiger partial charge in [-0.2, -0.15) is 0 Å². The monoisotopic (exact) mass is 433 g/mol. The lowest BCUT2D eigenvalue weighted by atomic mass is 10.2. The number of nitrogens with zero attached hydrogens (tertiary/aromatic N) is 4. The van der Waals surface area contributed by atoms with E-state index in [4.69, 9.17) is 4.74 Å². The first-order chi connectivity index (χ1) is 15.3. The van der Waals surface area contributed by atoms with Gasteiger partial charge in [0.2, 0.25) is 0 Å². The van der Waals surface area contributed by atoms with E-state index in [2.05, 4.69) is 44.5 Å². The summed E-state index contributed by atoms with van der Waals surface area (Å²) in [4.78, 5) is 14.5. The van der Waals surface area contributed by atoms with E-state index in [1.165, 1.54) is 6.33 Å². The van der Waals surface area contributed by atoms with Crippen molar-refractivity contribution in [2.45, 2.75) is 36.3 Å². The molecule has 1 saturated heterocycles. The van der Waals surface area contributed by atoms with Gasteiger partial charge in [0.1, 0.15) is 12.6 Å². The van der Waals surface area contributed by atoms with Crippen molar-refractivity contribution in [3.63, 3.8) is 0 Å².